The summed E-state index contributed by atoms with van der Waals surface area (Å²) >= 11 is 0. The van der Waals surface area contributed by atoms with E-state index < -0.39 is 34.3 Å². The van der Waals surface area contributed by atoms with Crippen molar-refractivity contribution in [3.05, 3.63) is 101 Å². The number of ketones is 1. The van der Waals surface area contributed by atoms with Crippen LogP contribution in [0.15, 0.2) is 78.9 Å². The van der Waals surface area contributed by atoms with Crippen LogP contribution in [0.1, 0.15) is 60.5 Å². The van der Waals surface area contributed by atoms with Gasteiger partial charge in [0.25, 0.3) is 0 Å². The fraction of sp³-hybridized carbons (Fsp3) is 0.364. The van der Waals surface area contributed by atoms with Crippen LogP contribution >= 0.6 is 0 Å². The highest BCUT2D eigenvalue weighted by Gasteiger charge is 2.34. The zero-order chi connectivity index (χ0) is 31.0. The van der Waals surface area contributed by atoms with Gasteiger partial charge >= 0.3 is 0 Å². The maximum Gasteiger partial charge on any atom is 0.244 e. The van der Waals surface area contributed by atoms with Crippen LogP contribution in [0.5, 0.6) is 0 Å². The van der Waals surface area contributed by atoms with Gasteiger partial charge in [-0.25, -0.2) is 12.8 Å². The van der Waals surface area contributed by atoms with Gasteiger partial charge in [-0.3, -0.25) is 18.7 Å². The largest absolute Gasteiger partial charge is 0.352 e. The molecule has 3 aromatic carbocycles. The maximum atomic E-state index is 14.2. The van der Waals surface area contributed by atoms with E-state index in [-0.39, 0.29) is 36.4 Å². The average molecular weight is 608 g/mol. The summed E-state index contributed by atoms with van der Waals surface area (Å²) in [6.07, 6.45) is 6.02. The minimum absolute atomic E-state index is 0.0101. The Morgan fingerprint density at radius 2 is 1.58 bits per heavy atom. The van der Waals surface area contributed by atoms with E-state index in [1.54, 1.807) is 24.3 Å². The molecule has 4 rings (SSSR count). The Morgan fingerprint density at radius 1 is 0.907 bits per heavy atom. The number of hydrogen-bond acceptors (Lipinski definition) is 5. The third-order valence-electron chi connectivity index (χ3n) is 7.71. The monoisotopic (exact) mass is 607 g/mol. The van der Waals surface area contributed by atoms with Gasteiger partial charge in [0.15, 0.2) is 5.78 Å². The number of Topliss-reactive ketones (excluding diaryl/α,β-unsaturated/α-hetero) is 1. The molecule has 0 unspecified atom stereocenters. The van der Waals surface area contributed by atoms with Crippen LogP contribution in [0.4, 0.5) is 10.1 Å². The van der Waals surface area contributed by atoms with E-state index in [0.29, 0.717) is 11.1 Å². The van der Waals surface area contributed by atoms with Gasteiger partial charge in [0.05, 0.1) is 11.9 Å². The molecule has 0 bridgehead atoms. The lowest BCUT2D eigenvalue weighted by atomic mass is 9.94. The van der Waals surface area contributed by atoms with E-state index in [1.807, 2.05) is 30.3 Å². The Labute approximate surface area is 252 Å². The van der Waals surface area contributed by atoms with Crippen LogP contribution in [0.2, 0.25) is 0 Å². The van der Waals surface area contributed by atoms with Gasteiger partial charge in [0.1, 0.15) is 18.4 Å². The van der Waals surface area contributed by atoms with Gasteiger partial charge in [-0.1, -0.05) is 73.9 Å². The van der Waals surface area contributed by atoms with Crippen LogP contribution in [0.3, 0.4) is 0 Å². The summed E-state index contributed by atoms with van der Waals surface area (Å²) in [6, 6.07) is 20.0. The van der Waals surface area contributed by atoms with Crippen molar-refractivity contribution in [2.24, 2.45) is 0 Å². The number of amides is 2. The number of hydrogen-bond donors (Lipinski definition) is 1. The molecule has 0 saturated heterocycles. The third kappa shape index (κ3) is 8.97. The Hall–Kier alpha value is -4.05. The number of nitrogens with one attached hydrogen (secondary N) is 1. The standard InChI is InChI=1S/C33H38FN3O5S/c1-24(38)27-12-9-15-30(21-27)37(43(2,41)42)23-32(39)36(22-26-16-18-28(34)19-17-26)31(20-25-10-5-3-6-11-25)33(40)35-29-13-7-4-8-14-29/h3,5-6,9-12,15-19,21,29,31H,4,7-8,13-14,20,22-23H2,1-2H3,(H,35,40)/t31-/m1/s1. The van der Waals surface area contributed by atoms with Crippen LogP contribution in [0.25, 0.3) is 0 Å². The first kappa shape index (κ1) is 31.9. The Balaban J connectivity index is 1.73. The molecule has 2 amide bonds. The Bertz CT molecular complexity index is 1520. The Morgan fingerprint density at radius 3 is 2.21 bits per heavy atom. The minimum atomic E-state index is -3.97. The molecule has 1 aliphatic rings. The number of carbonyl (C=O) groups is 3. The number of sulfonamides is 1. The molecule has 10 heteroatoms. The van der Waals surface area contributed by atoms with E-state index in [4.69, 9.17) is 0 Å². The van der Waals surface area contributed by atoms with Gasteiger partial charge in [-0.2, -0.15) is 0 Å². The van der Waals surface area contributed by atoms with E-state index in [1.165, 1.54) is 36.1 Å². The molecule has 0 radical (unpaired) electrons. The zero-order valence-corrected chi connectivity index (χ0v) is 25.4. The topological polar surface area (TPSA) is 104 Å². The van der Waals surface area contributed by atoms with E-state index in [0.717, 1.165) is 48.2 Å². The first-order valence-corrected chi connectivity index (χ1v) is 16.3. The smallest absolute Gasteiger partial charge is 0.244 e. The van der Waals surface area contributed by atoms with Crippen molar-refractivity contribution in [1.82, 2.24) is 10.2 Å². The van der Waals surface area contributed by atoms with Crippen molar-refractivity contribution in [2.75, 3.05) is 17.1 Å². The van der Waals surface area contributed by atoms with Gasteiger partial charge in [0, 0.05) is 24.6 Å². The third-order valence-corrected chi connectivity index (χ3v) is 8.85. The highest BCUT2D eigenvalue weighted by molar-refractivity contribution is 7.92. The maximum absolute atomic E-state index is 14.2. The average Bonchev–Trinajstić information content (AvgIpc) is 2.99. The summed E-state index contributed by atoms with van der Waals surface area (Å²) in [6.45, 7) is 0.738. The summed E-state index contributed by atoms with van der Waals surface area (Å²) < 4.78 is 40.6. The molecular formula is C33H38FN3O5S. The second-order valence-electron chi connectivity index (χ2n) is 11.1. The molecule has 1 fully saturated rings. The van der Waals surface area contributed by atoms with E-state index in [2.05, 4.69) is 5.32 Å². The molecule has 1 N–H and O–H groups in total. The quantitative estimate of drug-likeness (QED) is 0.296. The molecular weight excluding hydrogens is 569 g/mol. The van der Waals surface area contributed by atoms with E-state index >= 15 is 0 Å². The molecule has 1 saturated carbocycles. The van der Waals surface area contributed by atoms with Crippen LogP contribution in [-0.4, -0.2) is 55.8 Å². The lowest BCUT2D eigenvalue weighted by molar-refractivity contribution is -0.140. The summed E-state index contributed by atoms with van der Waals surface area (Å²) in [7, 11) is -3.97. The van der Waals surface area contributed by atoms with Gasteiger partial charge in [0.2, 0.25) is 21.8 Å². The molecule has 228 valence electrons. The number of benzene rings is 3. The Kier molecular flexibility index (Phi) is 10.7. The first-order chi connectivity index (χ1) is 20.5. The SMILES string of the molecule is CC(=O)c1cccc(N(CC(=O)N(Cc2ccc(F)cc2)[C@H](Cc2ccccc2)C(=O)NC2CCCCC2)S(C)(=O)=O)c1. The highest BCUT2D eigenvalue weighted by Crippen LogP contribution is 2.23. The predicted molar refractivity (Wildman–Crippen MR) is 165 cm³/mol. The number of nitrogens with zero attached hydrogens (tertiary/aromatic N) is 2. The predicted octanol–water partition coefficient (Wildman–Crippen LogP) is 4.88. The van der Waals surface area contributed by atoms with Crippen molar-refractivity contribution in [3.8, 4) is 0 Å². The number of carbonyl (C=O) groups excluding carboxylic acids is 3. The summed E-state index contributed by atoms with van der Waals surface area (Å²) in [5.74, 6) is -1.62. The highest BCUT2D eigenvalue weighted by atomic mass is 32.2. The second-order valence-corrected chi connectivity index (χ2v) is 13.0. The van der Waals surface area contributed by atoms with Gasteiger partial charge < -0.3 is 10.2 Å². The molecule has 0 spiro atoms. The number of anilines is 1. The molecule has 0 aliphatic heterocycles. The summed E-state index contributed by atoms with van der Waals surface area (Å²) in [4.78, 5) is 41.5. The molecule has 3 aromatic rings. The van der Waals surface area contributed by atoms with Crippen LogP contribution < -0.4 is 9.62 Å². The van der Waals surface area contributed by atoms with Crippen molar-refractivity contribution in [1.29, 1.82) is 0 Å². The van der Waals surface area contributed by atoms with Crippen LogP contribution in [-0.2, 0) is 32.6 Å². The number of rotatable bonds is 12. The molecule has 0 aromatic heterocycles. The minimum Gasteiger partial charge on any atom is -0.352 e. The molecule has 1 atom stereocenters. The van der Waals surface area contributed by atoms with Gasteiger partial charge in [-0.05, 0) is 55.2 Å². The summed E-state index contributed by atoms with van der Waals surface area (Å²) in [5, 5.41) is 3.14. The lowest BCUT2D eigenvalue weighted by Crippen LogP contribution is -2.55. The lowest BCUT2D eigenvalue weighted by Gasteiger charge is -2.35. The molecule has 43 heavy (non-hydrogen) atoms. The summed E-state index contributed by atoms with van der Waals surface area (Å²) in [5.41, 5.74) is 1.88. The van der Waals surface area contributed by atoms with Crippen molar-refractivity contribution < 1.29 is 27.2 Å². The van der Waals surface area contributed by atoms with Crippen molar-refractivity contribution in [2.45, 2.75) is 64.1 Å². The first-order valence-electron chi connectivity index (χ1n) is 14.5. The van der Waals surface area contributed by atoms with Crippen molar-refractivity contribution >= 4 is 33.3 Å². The van der Waals surface area contributed by atoms with Crippen molar-refractivity contribution in [3.63, 3.8) is 0 Å². The molecule has 8 nitrogen and oxygen atoms in total. The normalized spacial score (nSPS) is 14.5. The fourth-order valence-electron chi connectivity index (χ4n) is 5.38. The van der Waals surface area contributed by atoms with Crippen LogP contribution in [0, 0.1) is 5.82 Å². The molecule has 1 aliphatic carbocycles. The zero-order valence-electron chi connectivity index (χ0n) is 24.5. The van der Waals surface area contributed by atoms with Gasteiger partial charge in [-0.15, -0.1) is 0 Å². The fourth-order valence-corrected chi connectivity index (χ4v) is 6.22. The second kappa shape index (κ2) is 14.4. The molecule has 0 heterocycles. The number of halogens is 1. The van der Waals surface area contributed by atoms with E-state index in [9.17, 15) is 27.2 Å².